The molecule has 2 heterocycles. The van der Waals surface area contributed by atoms with Crippen LogP contribution in [0.25, 0.3) is 10.8 Å². The number of benzene rings is 3. The highest BCUT2D eigenvalue weighted by molar-refractivity contribution is 5.97. The fraction of sp³-hybridized carbons (Fsp3) is 0.200. The lowest BCUT2D eigenvalue weighted by Gasteiger charge is -2.35. The first-order valence-electron chi connectivity index (χ1n) is 10.3. The van der Waals surface area contributed by atoms with Gasteiger partial charge < -0.3 is 10.2 Å². The summed E-state index contributed by atoms with van der Waals surface area (Å²) in [6.07, 6.45) is 0. The predicted molar refractivity (Wildman–Crippen MR) is 121 cm³/mol. The van der Waals surface area contributed by atoms with Crippen molar-refractivity contribution in [2.24, 2.45) is 0 Å². The van der Waals surface area contributed by atoms with Crippen LogP contribution in [-0.2, 0) is 6.54 Å². The fourth-order valence-corrected chi connectivity index (χ4v) is 4.52. The van der Waals surface area contributed by atoms with Crippen molar-refractivity contribution in [3.05, 3.63) is 105 Å². The highest BCUT2D eigenvalue weighted by atomic mass is 19.1. The fourth-order valence-electron chi connectivity index (χ4n) is 4.52. The molecule has 0 radical (unpaired) electrons. The van der Waals surface area contributed by atoms with Crippen molar-refractivity contribution >= 4 is 16.5 Å². The van der Waals surface area contributed by atoms with Crippen LogP contribution in [0.15, 0.2) is 71.5 Å². The van der Waals surface area contributed by atoms with E-state index in [1.54, 1.807) is 0 Å². The van der Waals surface area contributed by atoms with Crippen molar-refractivity contribution in [3.63, 3.8) is 0 Å². The van der Waals surface area contributed by atoms with Gasteiger partial charge in [0.25, 0.3) is 5.56 Å². The number of anilines is 1. The van der Waals surface area contributed by atoms with E-state index in [1.165, 1.54) is 17.7 Å². The zero-order valence-corrected chi connectivity index (χ0v) is 17.4. The van der Waals surface area contributed by atoms with Crippen molar-refractivity contribution in [3.8, 4) is 0 Å². The van der Waals surface area contributed by atoms with Gasteiger partial charge in [-0.3, -0.25) is 4.79 Å². The Hall–Kier alpha value is -3.51. The van der Waals surface area contributed by atoms with Crippen LogP contribution in [0.3, 0.4) is 0 Å². The van der Waals surface area contributed by atoms with Crippen LogP contribution in [0.1, 0.15) is 34.3 Å². The number of hydrogen-bond donors (Lipinski definition) is 2. The van der Waals surface area contributed by atoms with Gasteiger partial charge in [0.1, 0.15) is 5.82 Å². The standard InChI is InChI=1S/C25H23FN4O/c1-30(2)14-15-8-10-16(11-9-15)21-23(17-6-4-3-5-7-17)27-20-13-18(26)12-19-22(20)24(21)28-29-25(19)31/h3-13,21,23,27H,14H2,1-2H3,(H,29,31). The summed E-state index contributed by atoms with van der Waals surface area (Å²) < 4.78 is 14.3. The molecule has 2 unspecified atom stereocenters. The van der Waals surface area contributed by atoms with Gasteiger partial charge in [-0.15, -0.1) is 0 Å². The zero-order valence-electron chi connectivity index (χ0n) is 17.4. The van der Waals surface area contributed by atoms with Gasteiger partial charge >= 0.3 is 0 Å². The molecule has 3 aromatic carbocycles. The van der Waals surface area contributed by atoms with Crippen LogP contribution < -0.4 is 10.9 Å². The molecule has 1 aromatic heterocycles. The van der Waals surface area contributed by atoms with E-state index in [1.807, 2.05) is 32.3 Å². The molecule has 1 aliphatic heterocycles. The molecule has 5 rings (SSSR count). The largest absolute Gasteiger partial charge is 0.377 e. The first kappa shape index (κ1) is 19.5. The molecule has 2 N–H and O–H groups in total. The SMILES string of the molecule is CN(C)Cc1ccc(C2c3n[nH]c(=O)c4cc(F)cc(c34)NC2c2ccccc2)cc1. The molecule has 0 amide bonds. The molecule has 0 saturated carbocycles. The molecule has 0 aliphatic carbocycles. The van der Waals surface area contributed by atoms with E-state index >= 15 is 0 Å². The van der Waals surface area contributed by atoms with Gasteiger partial charge in [-0.1, -0.05) is 54.6 Å². The molecular weight excluding hydrogens is 391 g/mol. The summed E-state index contributed by atoms with van der Waals surface area (Å²) in [6.45, 7) is 0.856. The number of hydrogen-bond acceptors (Lipinski definition) is 4. The third-order valence-corrected chi connectivity index (χ3v) is 5.82. The minimum atomic E-state index is -0.448. The Morgan fingerprint density at radius 3 is 2.45 bits per heavy atom. The smallest absolute Gasteiger partial charge is 0.272 e. The third kappa shape index (κ3) is 3.49. The van der Waals surface area contributed by atoms with Gasteiger partial charge in [0.15, 0.2) is 0 Å². The van der Waals surface area contributed by atoms with Gasteiger partial charge in [0, 0.05) is 17.6 Å². The van der Waals surface area contributed by atoms with Crippen LogP contribution in [0, 0.1) is 5.82 Å². The van der Waals surface area contributed by atoms with Gasteiger partial charge in [-0.25, -0.2) is 9.49 Å². The Balaban J connectivity index is 1.72. The van der Waals surface area contributed by atoms with Crippen molar-refractivity contribution in [2.45, 2.75) is 18.5 Å². The van der Waals surface area contributed by atoms with Crippen LogP contribution in [-0.4, -0.2) is 29.2 Å². The average Bonchev–Trinajstić information content (AvgIpc) is 2.76. The number of halogens is 1. The zero-order chi connectivity index (χ0) is 21.5. The lowest BCUT2D eigenvalue weighted by atomic mass is 9.80. The van der Waals surface area contributed by atoms with Crippen LogP contribution in [0.5, 0.6) is 0 Å². The maximum absolute atomic E-state index is 14.3. The van der Waals surface area contributed by atoms with E-state index in [-0.39, 0.29) is 17.5 Å². The topological polar surface area (TPSA) is 61.0 Å². The maximum Gasteiger partial charge on any atom is 0.272 e. The van der Waals surface area contributed by atoms with Gasteiger partial charge in [-0.2, -0.15) is 5.10 Å². The molecular formula is C25H23FN4O. The summed E-state index contributed by atoms with van der Waals surface area (Å²) >= 11 is 0. The first-order valence-corrected chi connectivity index (χ1v) is 10.3. The number of H-pyrrole nitrogens is 1. The summed E-state index contributed by atoms with van der Waals surface area (Å²) in [5.41, 5.74) is 4.33. The molecule has 0 saturated heterocycles. The summed E-state index contributed by atoms with van der Waals surface area (Å²) in [6, 6.07) is 21.1. The molecule has 4 aromatic rings. The normalized spacial score (nSPS) is 17.7. The minimum Gasteiger partial charge on any atom is -0.377 e. The summed E-state index contributed by atoms with van der Waals surface area (Å²) in [7, 11) is 4.09. The Morgan fingerprint density at radius 1 is 1.00 bits per heavy atom. The van der Waals surface area contributed by atoms with Crippen molar-refractivity contribution in [2.75, 3.05) is 19.4 Å². The second kappa shape index (κ2) is 7.63. The molecule has 31 heavy (non-hydrogen) atoms. The van der Waals surface area contributed by atoms with E-state index in [0.717, 1.165) is 23.4 Å². The van der Waals surface area contributed by atoms with E-state index in [2.05, 4.69) is 56.8 Å². The number of nitrogens with one attached hydrogen (secondary N) is 2. The second-order valence-corrected chi connectivity index (χ2v) is 8.30. The van der Waals surface area contributed by atoms with Crippen molar-refractivity contribution in [1.29, 1.82) is 0 Å². The summed E-state index contributed by atoms with van der Waals surface area (Å²) in [5, 5.41) is 11.5. The molecule has 5 nitrogen and oxygen atoms in total. The molecule has 0 spiro atoms. The Kier molecular flexibility index (Phi) is 4.79. The molecule has 0 fully saturated rings. The van der Waals surface area contributed by atoms with Gasteiger partial charge in [0.05, 0.1) is 23.0 Å². The summed E-state index contributed by atoms with van der Waals surface area (Å²) in [5.74, 6) is -0.593. The van der Waals surface area contributed by atoms with Crippen molar-refractivity contribution < 1.29 is 4.39 Å². The first-order chi connectivity index (χ1) is 15.0. The molecule has 6 heteroatoms. The van der Waals surface area contributed by atoms with E-state index in [4.69, 9.17) is 0 Å². The summed E-state index contributed by atoms with van der Waals surface area (Å²) in [4.78, 5) is 14.5. The lowest BCUT2D eigenvalue weighted by Crippen LogP contribution is -2.28. The number of aromatic amines is 1. The van der Waals surface area contributed by atoms with Crippen LogP contribution >= 0.6 is 0 Å². The molecule has 0 bridgehead atoms. The van der Waals surface area contributed by atoms with E-state index < -0.39 is 5.82 Å². The maximum atomic E-state index is 14.3. The van der Waals surface area contributed by atoms with Gasteiger partial charge in [0.2, 0.25) is 0 Å². The molecule has 1 aliphatic rings. The molecule has 2 atom stereocenters. The van der Waals surface area contributed by atoms with Crippen LogP contribution in [0.2, 0.25) is 0 Å². The Bertz CT molecular complexity index is 1300. The third-order valence-electron chi connectivity index (χ3n) is 5.82. The van der Waals surface area contributed by atoms with Gasteiger partial charge in [-0.05, 0) is 42.9 Å². The van der Waals surface area contributed by atoms with Crippen molar-refractivity contribution in [1.82, 2.24) is 15.1 Å². The highest BCUT2D eigenvalue weighted by Crippen LogP contribution is 2.46. The Labute approximate surface area is 179 Å². The molecule has 156 valence electrons. The van der Waals surface area contributed by atoms with Crippen LogP contribution in [0.4, 0.5) is 10.1 Å². The monoisotopic (exact) mass is 414 g/mol. The lowest BCUT2D eigenvalue weighted by molar-refractivity contribution is 0.402. The van der Waals surface area contributed by atoms with E-state index in [0.29, 0.717) is 16.5 Å². The number of rotatable bonds is 4. The van der Waals surface area contributed by atoms with E-state index in [9.17, 15) is 9.18 Å². The predicted octanol–water partition coefficient (Wildman–Crippen LogP) is 4.42. The minimum absolute atomic E-state index is 0.145. The number of nitrogens with zero attached hydrogens (tertiary/aromatic N) is 2. The second-order valence-electron chi connectivity index (χ2n) is 8.30. The average molecular weight is 414 g/mol. The highest BCUT2D eigenvalue weighted by Gasteiger charge is 2.35. The Morgan fingerprint density at radius 2 is 1.74 bits per heavy atom. The quantitative estimate of drug-likeness (QED) is 0.519. The number of aromatic nitrogens is 2.